The summed E-state index contributed by atoms with van der Waals surface area (Å²) in [5.74, 6) is 1.26. The molecule has 6 heteroatoms. The molecule has 86 valence electrons. The molecule has 1 aliphatic heterocycles. The number of rotatable bonds is 3. The summed E-state index contributed by atoms with van der Waals surface area (Å²) < 4.78 is 5.62. The second-order valence-electron chi connectivity index (χ2n) is 3.73. The molecule has 2 heterocycles. The van der Waals surface area contributed by atoms with E-state index in [1.54, 1.807) is 0 Å². The molecule has 0 radical (unpaired) electrons. The summed E-state index contributed by atoms with van der Waals surface area (Å²) in [6, 6.07) is 2.04. The van der Waals surface area contributed by atoms with Gasteiger partial charge in [-0.15, -0.1) is 0 Å². The molecule has 2 rings (SSSR count). The van der Waals surface area contributed by atoms with Crippen molar-refractivity contribution in [1.82, 2.24) is 20.1 Å². The van der Waals surface area contributed by atoms with E-state index < -0.39 is 0 Å². The van der Waals surface area contributed by atoms with Crippen LogP contribution in [-0.2, 0) is 11.2 Å². The maximum atomic E-state index is 8.54. The van der Waals surface area contributed by atoms with Crippen molar-refractivity contribution in [3.05, 3.63) is 11.6 Å². The minimum absolute atomic E-state index is 0.0719. The molecular formula is C10H15N5O. The van der Waals surface area contributed by atoms with Crippen molar-refractivity contribution in [2.75, 3.05) is 26.2 Å². The topological polar surface area (TPSA) is 77.8 Å². The van der Waals surface area contributed by atoms with Crippen molar-refractivity contribution in [2.45, 2.75) is 19.4 Å². The van der Waals surface area contributed by atoms with E-state index in [9.17, 15) is 0 Å². The summed E-state index contributed by atoms with van der Waals surface area (Å²) in [4.78, 5) is 6.55. The Kier molecular flexibility index (Phi) is 3.49. The van der Waals surface area contributed by atoms with Gasteiger partial charge in [0.05, 0.1) is 19.1 Å². The van der Waals surface area contributed by atoms with Crippen LogP contribution in [0.15, 0.2) is 0 Å². The highest BCUT2D eigenvalue weighted by Crippen LogP contribution is 2.18. The molecule has 1 N–H and O–H groups in total. The third-order valence-corrected chi connectivity index (χ3v) is 2.68. The van der Waals surface area contributed by atoms with Crippen LogP contribution in [0.2, 0.25) is 0 Å². The molecule has 0 aromatic carbocycles. The summed E-state index contributed by atoms with van der Waals surface area (Å²) in [7, 11) is 0. The van der Waals surface area contributed by atoms with Gasteiger partial charge in [0.2, 0.25) is 0 Å². The summed E-state index contributed by atoms with van der Waals surface area (Å²) in [6.45, 7) is 5.63. The molecule has 1 aliphatic rings. The number of nitrogens with one attached hydrogen (secondary N) is 1. The Hall–Kier alpha value is -1.45. The van der Waals surface area contributed by atoms with Gasteiger partial charge in [0.25, 0.3) is 0 Å². The van der Waals surface area contributed by atoms with Crippen molar-refractivity contribution >= 4 is 0 Å². The highest BCUT2D eigenvalue weighted by Gasteiger charge is 2.24. The Bertz CT molecular complexity index is 383. The lowest BCUT2D eigenvalue weighted by Crippen LogP contribution is -2.38. The maximum Gasteiger partial charge on any atom is 0.180 e. The van der Waals surface area contributed by atoms with Gasteiger partial charge in [-0.2, -0.15) is 10.4 Å². The summed E-state index contributed by atoms with van der Waals surface area (Å²) in [5, 5.41) is 15.4. The Balaban J connectivity index is 2.02. The lowest BCUT2D eigenvalue weighted by molar-refractivity contribution is -0.0324. The summed E-state index contributed by atoms with van der Waals surface area (Å²) in [6.07, 6.45) is 0.189. The van der Waals surface area contributed by atoms with Crippen molar-refractivity contribution in [1.29, 1.82) is 5.26 Å². The van der Waals surface area contributed by atoms with Gasteiger partial charge in [-0.05, 0) is 6.54 Å². The molecule has 0 saturated carbocycles. The number of morpholine rings is 1. The second-order valence-corrected chi connectivity index (χ2v) is 3.73. The molecule has 0 bridgehead atoms. The first-order valence-corrected chi connectivity index (χ1v) is 5.45. The third-order valence-electron chi connectivity index (χ3n) is 2.68. The van der Waals surface area contributed by atoms with Gasteiger partial charge in [-0.1, -0.05) is 6.92 Å². The van der Waals surface area contributed by atoms with E-state index in [0.717, 1.165) is 19.6 Å². The van der Waals surface area contributed by atoms with Crippen LogP contribution in [0, 0.1) is 11.3 Å². The second kappa shape index (κ2) is 5.05. The molecule has 1 unspecified atom stereocenters. The number of ether oxygens (including phenoxy) is 1. The first-order chi connectivity index (χ1) is 7.83. The highest BCUT2D eigenvalue weighted by atomic mass is 16.5. The standard InChI is InChI=1S/C10H15N5O/c1-2-15-5-6-16-8(7-15)10-12-9(3-4-11)13-14-10/h8H,2-3,5-7H2,1H3,(H,12,13,14). The van der Waals surface area contributed by atoms with Gasteiger partial charge in [-0.3, -0.25) is 10.00 Å². The van der Waals surface area contributed by atoms with Gasteiger partial charge in [-0.25, -0.2) is 4.98 Å². The zero-order chi connectivity index (χ0) is 11.4. The van der Waals surface area contributed by atoms with E-state index in [1.807, 2.05) is 6.07 Å². The van der Waals surface area contributed by atoms with Crippen molar-refractivity contribution < 1.29 is 4.74 Å². The molecule has 1 fully saturated rings. The largest absolute Gasteiger partial charge is 0.367 e. The fourth-order valence-corrected chi connectivity index (χ4v) is 1.75. The van der Waals surface area contributed by atoms with Gasteiger partial charge >= 0.3 is 0 Å². The Labute approximate surface area is 94.2 Å². The summed E-state index contributed by atoms with van der Waals surface area (Å²) >= 11 is 0. The minimum atomic E-state index is -0.0719. The number of H-pyrrole nitrogens is 1. The van der Waals surface area contributed by atoms with Crippen molar-refractivity contribution in [3.8, 4) is 6.07 Å². The molecular weight excluding hydrogens is 206 g/mol. The number of aromatic amines is 1. The fraction of sp³-hybridized carbons (Fsp3) is 0.700. The van der Waals surface area contributed by atoms with Crippen LogP contribution >= 0.6 is 0 Å². The van der Waals surface area contributed by atoms with Crippen LogP contribution in [0.3, 0.4) is 0 Å². The normalized spacial score (nSPS) is 21.9. The molecule has 0 aliphatic carbocycles. The van der Waals surface area contributed by atoms with Gasteiger partial charge in [0.15, 0.2) is 5.82 Å². The van der Waals surface area contributed by atoms with E-state index in [0.29, 0.717) is 18.3 Å². The minimum Gasteiger partial charge on any atom is -0.367 e. The van der Waals surface area contributed by atoms with Crippen LogP contribution in [-0.4, -0.2) is 46.3 Å². The first kappa shape index (κ1) is 11.0. The predicted octanol–water partition coefficient (Wildman–Crippen LogP) is 0.264. The van der Waals surface area contributed by atoms with Gasteiger partial charge in [0.1, 0.15) is 11.9 Å². The SMILES string of the molecule is CCN1CCOC(c2n[nH]c(CC#N)n2)C1. The zero-order valence-electron chi connectivity index (χ0n) is 9.31. The average Bonchev–Trinajstić information content (AvgIpc) is 2.78. The first-order valence-electron chi connectivity index (χ1n) is 5.45. The van der Waals surface area contributed by atoms with Gasteiger partial charge < -0.3 is 4.74 Å². The van der Waals surface area contributed by atoms with Crippen LogP contribution in [0.5, 0.6) is 0 Å². The quantitative estimate of drug-likeness (QED) is 0.792. The number of aromatic nitrogens is 3. The number of hydrogen-bond donors (Lipinski definition) is 1. The third kappa shape index (κ3) is 2.38. The van der Waals surface area contributed by atoms with Crippen LogP contribution in [0.1, 0.15) is 24.7 Å². The number of likely N-dealkylation sites (N-methyl/N-ethyl adjacent to an activating group) is 1. The Morgan fingerprint density at radius 1 is 1.69 bits per heavy atom. The Morgan fingerprint density at radius 2 is 2.56 bits per heavy atom. The highest BCUT2D eigenvalue weighted by molar-refractivity contribution is 5.00. The molecule has 0 amide bonds. The van der Waals surface area contributed by atoms with E-state index >= 15 is 0 Å². The maximum absolute atomic E-state index is 8.54. The molecule has 0 spiro atoms. The van der Waals surface area contributed by atoms with Crippen molar-refractivity contribution in [2.24, 2.45) is 0 Å². The number of nitriles is 1. The van der Waals surface area contributed by atoms with Crippen LogP contribution in [0.4, 0.5) is 0 Å². The molecule has 1 aromatic rings. The van der Waals surface area contributed by atoms with Crippen molar-refractivity contribution in [3.63, 3.8) is 0 Å². The lowest BCUT2D eigenvalue weighted by Gasteiger charge is -2.30. The van der Waals surface area contributed by atoms with E-state index in [1.165, 1.54) is 0 Å². The molecule has 1 atom stereocenters. The molecule has 1 aromatic heterocycles. The van der Waals surface area contributed by atoms with E-state index in [2.05, 4.69) is 27.0 Å². The predicted molar refractivity (Wildman–Crippen MR) is 56.5 cm³/mol. The van der Waals surface area contributed by atoms with E-state index in [4.69, 9.17) is 10.00 Å². The van der Waals surface area contributed by atoms with E-state index in [-0.39, 0.29) is 12.5 Å². The van der Waals surface area contributed by atoms with Crippen LogP contribution < -0.4 is 0 Å². The number of hydrogen-bond acceptors (Lipinski definition) is 5. The number of nitrogens with zero attached hydrogens (tertiary/aromatic N) is 4. The fourth-order valence-electron chi connectivity index (χ4n) is 1.75. The van der Waals surface area contributed by atoms with Crippen LogP contribution in [0.25, 0.3) is 0 Å². The summed E-state index contributed by atoms with van der Waals surface area (Å²) in [5.41, 5.74) is 0. The molecule has 16 heavy (non-hydrogen) atoms. The molecule has 1 saturated heterocycles. The average molecular weight is 221 g/mol. The molecule has 6 nitrogen and oxygen atoms in total. The zero-order valence-corrected chi connectivity index (χ0v) is 9.31. The van der Waals surface area contributed by atoms with Gasteiger partial charge in [0, 0.05) is 13.1 Å². The monoisotopic (exact) mass is 221 g/mol. The lowest BCUT2D eigenvalue weighted by atomic mass is 10.2. The smallest absolute Gasteiger partial charge is 0.180 e. The Morgan fingerprint density at radius 3 is 3.31 bits per heavy atom.